The van der Waals surface area contributed by atoms with Gasteiger partial charge in [-0.2, -0.15) is 0 Å². The Morgan fingerprint density at radius 2 is 1.85 bits per heavy atom. The number of alkyl halides is 1. The van der Waals surface area contributed by atoms with Gasteiger partial charge in [0, 0.05) is 16.8 Å². The van der Waals surface area contributed by atoms with Crippen LogP contribution in [0.4, 0.5) is 0 Å². The molecule has 8 heteroatoms. The molecule has 0 bridgehead atoms. The van der Waals surface area contributed by atoms with Gasteiger partial charge in [0.25, 0.3) is 0 Å². The quantitative estimate of drug-likeness (QED) is 0.364. The third-order valence-electron chi connectivity index (χ3n) is 5.27. The Hall–Kier alpha value is -0.710. The molecule has 1 spiro atoms. The smallest absolute Gasteiger partial charge is 0.327 e. The van der Waals surface area contributed by atoms with Crippen molar-refractivity contribution in [2.24, 2.45) is 5.92 Å². The SMILES string of the molecule is COC(=O)C1(S(=O)(=O)c2ccccc2)CC(CI)C2(C1)OCCCCO2. The van der Waals surface area contributed by atoms with E-state index < -0.39 is 26.3 Å². The van der Waals surface area contributed by atoms with Gasteiger partial charge in [0.15, 0.2) is 20.4 Å². The summed E-state index contributed by atoms with van der Waals surface area (Å²) < 4.78 is 43.0. The van der Waals surface area contributed by atoms with Gasteiger partial charge in [0.2, 0.25) is 0 Å². The lowest BCUT2D eigenvalue weighted by molar-refractivity contribution is -0.241. The molecule has 0 amide bonds. The van der Waals surface area contributed by atoms with Crippen LogP contribution in [0.3, 0.4) is 0 Å². The lowest BCUT2D eigenvalue weighted by Gasteiger charge is -2.34. The second kappa shape index (κ2) is 7.73. The highest BCUT2D eigenvalue weighted by Gasteiger charge is 2.66. The van der Waals surface area contributed by atoms with Crippen LogP contribution >= 0.6 is 22.6 Å². The van der Waals surface area contributed by atoms with Crippen LogP contribution in [0.25, 0.3) is 0 Å². The highest BCUT2D eigenvalue weighted by atomic mass is 127. The van der Waals surface area contributed by atoms with Gasteiger partial charge in [-0.3, -0.25) is 4.79 Å². The predicted octanol–water partition coefficient (Wildman–Crippen LogP) is 2.74. The monoisotopic (exact) mass is 494 g/mol. The molecular weight excluding hydrogens is 471 g/mol. The molecule has 3 rings (SSSR count). The van der Waals surface area contributed by atoms with Crippen LogP contribution in [0.2, 0.25) is 0 Å². The van der Waals surface area contributed by atoms with Gasteiger partial charge < -0.3 is 14.2 Å². The Labute approximate surface area is 167 Å². The van der Waals surface area contributed by atoms with Crippen LogP contribution in [-0.4, -0.2) is 49.7 Å². The zero-order valence-corrected chi connectivity index (χ0v) is 17.6. The van der Waals surface area contributed by atoms with Crippen molar-refractivity contribution >= 4 is 38.4 Å². The first kappa shape index (κ1) is 20.0. The van der Waals surface area contributed by atoms with Gasteiger partial charge in [0.05, 0.1) is 25.2 Å². The second-order valence-electron chi connectivity index (χ2n) is 6.75. The summed E-state index contributed by atoms with van der Waals surface area (Å²) in [5, 5.41) is 0. The molecule has 6 nitrogen and oxygen atoms in total. The van der Waals surface area contributed by atoms with Crippen molar-refractivity contribution in [1.29, 1.82) is 0 Å². The van der Waals surface area contributed by atoms with Gasteiger partial charge in [-0.25, -0.2) is 8.42 Å². The number of methoxy groups -OCH3 is 1. The number of hydrogen-bond donors (Lipinski definition) is 0. The van der Waals surface area contributed by atoms with Crippen molar-refractivity contribution in [1.82, 2.24) is 0 Å². The first-order chi connectivity index (χ1) is 12.4. The summed E-state index contributed by atoms with van der Waals surface area (Å²) in [4.78, 5) is 12.9. The topological polar surface area (TPSA) is 78.9 Å². The van der Waals surface area contributed by atoms with E-state index in [1.165, 1.54) is 19.2 Å². The Bertz CT molecular complexity index is 742. The third kappa shape index (κ3) is 3.18. The molecule has 0 N–H and O–H groups in total. The van der Waals surface area contributed by atoms with E-state index in [-0.39, 0.29) is 23.7 Å². The zero-order valence-electron chi connectivity index (χ0n) is 14.6. The largest absolute Gasteiger partial charge is 0.468 e. The summed E-state index contributed by atoms with van der Waals surface area (Å²) in [6.45, 7) is 0.992. The fourth-order valence-electron chi connectivity index (χ4n) is 3.89. The number of esters is 1. The van der Waals surface area contributed by atoms with Crippen LogP contribution < -0.4 is 0 Å². The maximum absolute atomic E-state index is 13.5. The molecule has 0 radical (unpaired) electrons. The van der Waals surface area contributed by atoms with Gasteiger partial charge >= 0.3 is 5.97 Å². The first-order valence-electron chi connectivity index (χ1n) is 8.64. The Morgan fingerprint density at radius 3 is 2.38 bits per heavy atom. The highest BCUT2D eigenvalue weighted by Crippen LogP contribution is 2.52. The molecule has 1 heterocycles. The minimum Gasteiger partial charge on any atom is -0.468 e. The van der Waals surface area contributed by atoms with Crippen LogP contribution in [0.1, 0.15) is 25.7 Å². The van der Waals surface area contributed by atoms with Crippen LogP contribution in [0, 0.1) is 5.92 Å². The first-order valence-corrected chi connectivity index (χ1v) is 11.6. The molecule has 144 valence electrons. The van der Waals surface area contributed by atoms with Gasteiger partial charge in [-0.1, -0.05) is 40.8 Å². The number of carbonyl (C=O) groups excluding carboxylic acids is 1. The van der Waals surface area contributed by atoms with Crippen molar-refractivity contribution in [2.45, 2.75) is 41.1 Å². The van der Waals surface area contributed by atoms with Crippen molar-refractivity contribution in [3.63, 3.8) is 0 Å². The van der Waals surface area contributed by atoms with E-state index in [4.69, 9.17) is 14.2 Å². The standard InChI is InChI=1S/C18H23IO6S/c1-23-16(20)17(26(21,22)15-7-3-2-4-8-15)11-14(12-19)18(13-17)24-9-5-6-10-25-18/h2-4,7-8,14H,5-6,9-13H2,1H3. The molecule has 2 fully saturated rings. The number of carbonyl (C=O) groups is 1. The molecule has 1 saturated carbocycles. The zero-order chi connectivity index (χ0) is 18.8. The Kier molecular flexibility index (Phi) is 5.96. The van der Waals surface area contributed by atoms with Gasteiger partial charge in [0.1, 0.15) is 0 Å². The number of halogens is 1. The Morgan fingerprint density at radius 1 is 1.23 bits per heavy atom. The fourth-order valence-corrected chi connectivity index (χ4v) is 6.96. The normalized spacial score (nSPS) is 28.6. The average molecular weight is 494 g/mol. The van der Waals surface area contributed by atoms with Crippen molar-refractivity contribution in [3.05, 3.63) is 30.3 Å². The minimum absolute atomic E-state index is 0.0441. The molecule has 1 aliphatic carbocycles. The van der Waals surface area contributed by atoms with E-state index in [9.17, 15) is 13.2 Å². The summed E-state index contributed by atoms with van der Waals surface area (Å²) in [6.07, 6.45) is 1.79. The number of ether oxygens (including phenoxy) is 3. The molecule has 1 aliphatic heterocycles. The maximum Gasteiger partial charge on any atom is 0.327 e. The average Bonchev–Trinajstić information content (AvgIpc) is 2.82. The third-order valence-corrected chi connectivity index (χ3v) is 8.74. The van der Waals surface area contributed by atoms with Gasteiger partial charge in [-0.15, -0.1) is 0 Å². The van der Waals surface area contributed by atoms with Crippen LogP contribution in [-0.2, 0) is 28.8 Å². The lowest BCUT2D eigenvalue weighted by atomic mass is 10.0. The van der Waals surface area contributed by atoms with Crippen molar-refractivity contribution in [3.8, 4) is 0 Å². The predicted molar refractivity (Wildman–Crippen MR) is 104 cm³/mol. The summed E-state index contributed by atoms with van der Waals surface area (Å²) in [6, 6.07) is 8.07. The maximum atomic E-state index is 13.5. The molecule has 1 aromatic rings. The Balaban J connectivity index is 2.11. The van der Waals surface area contributed by atoms with Gasteiger partial charge in [-0.05, 0) is 31.4 Å². The van der Waals surface area contributed by atoms with Crippen molar-refractivity contribution in [2.75, 3.05) is 24.8 Å². The van der Waals surface area contributed by atoms with E-state index in [0.717, 1.165) is 12.8 Å². The number of benzene rings is 1. The molecule has 1 aromatic carbocycles. The molecule has 0 aromatic heterocycles. The number of sulfone groups is 1. The molecule has 2 aliphatic rings. The van der Waals surface area contributed by atoms with Crippen molar-refractivity contribution < 1.29 is 27.4 Å². The molecule has 2 atom stereocenters. The fraction of sp³-hybridized carbons (Fsp3) is 0.611. The summed E-state index contributed by atoms with van der Waals surface area (Å²) >= 11 is 2.20. The summed E-state index contributed by atoms with van der Waals surface area (Å²) in [5.74, 6) is -2.02. The summed E-state index contributed by atoms with van der Waals surface area (Å²) in [7, 11) is -2.75. The lowest BCUT2D eigenvalue weighted by Crippen LogP contribution is -2.48. The molecule has 1 saturated heterocycles. The molecular formula is C18H23IO6S. The van der Waals surface area contributed by atoms with E-state index in [1.807, 2.05) is 0 Å². The van der Waals surface area contributed by atoms with E-state index >= 15 is 0 Å². The van der Waals surface area contributed by atoms with Crippen LogP contribution in [0.5, 0.6) is 0 Å². The van der Waals surface area contributed by atoms with E-state index in [2.05, 4.69) is 22.6 Å². The molecule has 2 unspecified atom stereocenters. The summed E-state index contributed by atoms with van der Waals surface area (Å²) in [5.41, 5.74) is 0. The number of rotatable bonds is 4. The molecule has 26 heavy (non-hydrogen) atoms. The minimum atomic E-state index is -3.98. The van der Waals surface area contributed by atoms with E-state index in [0.29, 0.717) is 17.6 Å². The second-order valence-corrected chi connectivity index (χ2v) is 9.89. The van der Waals surface area contributed by atoms with E-state index in [1.54, 1.807) is 18.2 Å². The van der Waals surface area contributed by atoms with Crippen LogP contribution in [0.15, 0.2) is 35.2 Å². The number of hydrogen-bond acceptors (Lipinski definition) is 6. The highest BCUT2D eigenvalue weighted by molar-refractivity contribution is 14.1.